The number of nitrogens with zero attached hydrogens (tertiary/aromatic N) is 3. The van der Waals surface area contributed by atoms with E-state index < -0.39 is 0 Å². The van der Waals surface area contributed by atoms with Gasteiger partial charge < -0.3 is 20.4 Å². The number of guanidine groups is 1. The molecule has 0 bridgehead atoms. The Balaban J connectivity index is 1.37. The molecule has 0 saturated carbocycles. The van der Waals surface area contributed by atoms with Crippen molar-refractivity contribution < 1.29 is 4.79 Å². The van der Waals surface area contributed by atoms with E-state index in [1.165, 1.54) is 10.6 Å². The van der Waals surface area contributed by atoms with Crippen molar-refractivity contribution in [1.82, 2.24) is 15.5 Å². The van der Waals surface area contributed by atoms with Gasteiger partial charge in [-0.25, -0.2) is 0 Å². The Bertz CT molecular complexity index is 724. The average Bonchev–Trinajstić information content (AvgIpc) is 3.24. The van der Waals surface area contributed by atoms with Gasteiger partial charge in [0.2, 0.25) is 5.91 Å². The molecule has 0 aliphatic carbocycles. The molecule has 1 fully saturated rings. The number of para-hydroxylation sites is 1. The predicted molar refractivity (Wildman–Crippen MR) is 113 cm³/mol. The fourth-order valence-electron chi connectivity index (χ4n) is 3.10. The van der Waals surface area contributed by atoms with Crippen LogP contribution in [0.4, 0.5) is 5.69 Å². The number of piperazine rings is 1. The van der Waals surface area contributed by atoms with Gasteiger partial charge in [-0.1, -0.05) is 24.3 Å². The quantitative estimate of drug-likeness (QED) is 0.588. The third kappa shape index (κ3) is 5.72. The van der Waals surface area contributed by atoms with Crippen molar-refractivity contribution in [3.05, 3.63) is 52.7 Å². The molecule has 3 rings (SSSR count). The van der Waals surface area contributed by atoms with Crippen molar-refractivity contribution in [2.75, 3.05) is 51.2 Å². The number of benzene rings is 1. The molecule has 1 aromatic heterocycles. The Morgan fingerprint density at radius 1 is 1.07 bits per heavy atom. The number of nitrogens with one attached hydrogen (secondary N) is 2. The zero-order chi connectivity index (χ0) is 18.9. The summed E-state index contributed by atoms with van der Waals surface area (Å²) >= 11 is 1.75. The lowest BCUT2D eigenvalue weighted by Gasteiger charge is -2.36. The summed E-state index contributed by atoms with van der Waals surface area (Å²) in [5.74, 6) is 0.784. The smallest absolute Gasteiger partial charge is 0.242 e. The van der Waals surface area contributed by atoms with Crippen LogP contribution < -0.4 is 15.5 Å². The lowest BCUT2D eigenvalue weighted by Crippen LogP contribution is -2.52. The highest BCUT2D eigenvalue weighted by Gasteiger charge is 2.21. The van der Waals surface area contributed by atoms with Crippen LogP contribution in [0.15, 0.2) is 52.8 Å². The number of carbonyl (C=O) groups is 1. The topological polar surface area (TPSA) is 60.0 Å². The average molecular weight is 386 g/mol. The second kappa shape index (κ2) is 9.97. The minimum atomic E-state index is 0.115. The molecular weight excluding hydrogens is 358 g/mol. The highest BCUT2D eigenvalue weighted by molar-refractivity contribution is 7.09. The number of amides is 1. The first-order valence-corrected chi connectivity index (χ1v) is 10.2. The van der Waals surface area contributed by atoms with Crippen molar-refractivity contribution in [3.63, 3.8) is 0 Å². The highest BCUT2D eigenvalue weighted by Crippen LogP contribution is 2.15. The minimum Gasteiger partial charge on any atom is -0.368 e. The first kappa shape index (κ1) is 19.2. The molecule has 27 heavy (non-hydrogen) atoms. The van der Waals surface area contributed by atoms with E-state index in [0.717, 1.165) is 39.1 Å². The summed E-state index contributed by atoms with van der Waals surface area (Å²) in [6, 6.07) is 14.5. The molecule has 0 radical (unpaired) electrons. The monoisotopic (exact) mass is 385 g/mol. The van der Waals surface area contributed by atoms with E-state index in [9.17, 15) is 4.79 Å². The molecule has 7 heteroatoms. The number of aliphatic imine (C=N–C) groups is 1. The van der Waals surface area contributed by atoms with Crippen LogP contribution in [0.25, 0.3) is 0 Å². The van der Waals surface area contributed by atoms with Crippen LogP contribution in [-0.4, -0.2) is 63.1 Å². The largest absolute Gasteiger partial charge is 0.368 e. The second-order valence-electron chi connectivity index (χ2n) is 6.39. The van der Waals surface area contributed by atoms with Gasteiger partial charge in [0.1, 0.15) is 0 Å². The summed E-state index contributed by atoms with van der Waals surface area (Å²) in [4.78, 5) is 22.3. The molecule has 0 unspecified atom stereocenters. The maximum absolute atomic E-state index is 12.5. The third-order valence-electron chi connectivity index (χ3n) is 4.63. The Morgan fingerprint density at radius 3 is 2.52 bits per heavy atom. The maximum Gasteiger partial charge on any atom is 0.242 e. The fraction of sp³-hybridized carbons (Fsp3) is 0.400. The van der Waals surface area contributed by atoms with Crippen LogP contribution >= 0.6 is 11.3 Å². The van der Waals surface area contributed by atoms with E-state index in [-0.39, 0.29) is 12.5 Å². The van der Waals surface area contributed by atoms with Gasteiger partial charge in [-0.3, -0.25) is 9.79 Å². The normalized spacial score (nSPS) is 14.9. The van der Waals surface area contributed by atoms with E-state index in [0.29, 0.717) is 5.96 Å². The SMILES string of the molecule is CN=C(NCCc1cccs1)NCC(=O)N1CCN(c2ccccc2)CC1. The van der Waals surface area contributed by atoms with Crippen molar-refractivity contribution in [1.29, 1.82) is 0 Å². The summed E-state index contributed by atoms with van der Waals surface area (Å²) in [5.41, 5.74) is 1.22. The molecule has 1 saturated heterocycles. The number of hydrogen-bond acceptors (Lipinski definition) is 4. The molecule has 6 nitrogen and oxygen atoms in total. The second-order valence-corrected chi connectivity index (χ2v) is 7.42. The molecule has 2 aromatic rings. The molecule has 0 atom stereocenters. The van der Waals surface area contributed by atoms with Crippen molar-refractivity contribution in [2.24, 2.45) is 4.99 Å². The molecule has 1 aliphatic heterocycles. The van der Waals surface area contributed by atoms with E-state index in [4.69, 9.17) is 0 Å². The number of hydrogen-bond donors (Lipinski definition) is 2. The van der Waals surface area contributed by atoms with E-state index in [1.807, 2.05) is 23.1 Å². The summed E-state index contributed by atoms with van der Waals surface area (Å²) < 4.78 is 0. The van der Waals surface area contributed by atoms with Crippen molar-refractivity contribution in [2.45, 2.75) is 6.42 Å². The zero-order valence-electron chi connectivity index (χ0n) is 15.7. The van der Waals surface area contributed by atoms with Crippen LogP contribution in [0.2, 0.25) is 0 Å². The molecule has 144 valence electrons. The Labute approximate surface area is 164 Å². The minimum absolute atomic E-state index is 0.115. The first-order valence-electron chi connectivity index (χ1n) is 9.31. The van der Waals surface area contributed by atoms with Gasteiger partial charge in [0, 0.05) is 50.3 Å². The van der Waals surface area contributed by atoms with E-state index in [2.05, 4.69) is 50.2 Å². The zero-order valence-corrected chi connectivity index (χ0v) is 16.5. The first-order chi connectivity index (χ1) is 13.3. The van der Waals surface area contributed by atoms with Crippen LogP contribution in [0.1, 0.15) is 4.88 Å². The Kier molecular flexibility index (Phi) is 7.10. The summed E-state index contributed by atoms with van der Waals surface area (Å²) in [7, 11) is 1.73. The lowest BCUT2D eigenvalue weighted by atomic mass is 10.2. The van der Waals surface area contributed by atoms with Gasteiger partial charge in [0.25, 0.3) is 0 Å². The van der Waals surface area contributed by atoms with Gasteiger partial charge in [0.05, 0.1) is 6.54 Å². The van der Waals surface area contributed by atoms with Crippen LogP contribution in [0.3, 0.4) is 0 Å². The number of anilines is 1. The summed E-state index contributed by atoms with van der Waals surface area (Å²) in [5, 5.41) is 8.47. The predicted octanol–water partition coefficient (Wildman–Crippen LogP) is 1.80. The molecule has 1 amide bonds. The van der Waals surface area contributed by atoms with Gasteiger partial charge in [-0.15, -0.1) is 11.3 Å². The molecule has 2 heterocycles. The van der Waals surface area contributed by atoms with Gasteiger partial charge >= 0.3 is 0 Å². The maximum atomic E-state index is 12.5. The Morgan fingerprint density at radius 2 is 1.85 bits per heavy atom. The summed E-state index contributed by atoms with van der Waals surface area (Å²) in [6.45, 7) is 4.29. The third-order valence-corrected chi connectivity index (χ3v) is 5.56. The number of rotatable bonds is 6. The van der Waals surface area contributed by atoms with Crippen LogP contribution in [-0.2, 0) is 11.2 Å². The molecule has 0 spiro atoms. The van der Waals surface area contributed by atoms with Crippen molar-refractivity contribution in [3.8, 4) is 0 Å². The number of carbonyl (C=O) groups excluding carboxylic acids is 1. The lowest BCUT2D eigenvalue weighted by molar-refractivity contribution is -0.130. The standard InChI is InChI=1S/C20H27N5OS/c1-21-20(22-10-9-18-8-5-15-27-18)23-16-19(26)25-13-11-24(12-14-25)17-6-3-2-4-7-17/h2-8,15H,9-14,16H2,1H3,(H2,21,22,23). The fourth-order valence-corrected chi connectivity index (χ4v) is 3.81. The van der Waals surface area contributed by atoms with Gasteiger partial charge in [0.15, 0.2) is 5.96 Å². The van der Waals surface area contributed by atoms with Crippen LogP contribution in [0, 0.1) is 0 Å². The van der Waals surface area contributed by atoms with E-state index in [1.54, 1.807) is 18.4 Å². The van der Waals surface area contributed by atoms with Gasteiger partial charge in [-0.2, -0.15) is 0 Å². The molecule has 2 N–H and O–H groups in total. The number of thiophene rings is 1. The van der Waals surface area contributed by atoms with Crippen LogP contribution in [0.5, 0.6) is 0 Å². The summed E-state index contributed by atoms with van der Waals surface area (Å²) in [6.07, 6.45) is 0.952. The van der Waals surface area contributed by atoms with Crippen molar-refractivity contribution >= 4 is 28.9 Å². The van der Waals surface area contributed by atoms with E-state index >= 15 is 0 Å². The van der Waals surface area contributed by atoms with Gasteiger partial charge in [-0.05, 0) is 30.0 Å². The molecule has 1 aromatic carbocycles. The molecular formula is C20H27N5OS. The Hall–Kier alpha value is -2.54. The highest BCUT2D eigenvalue weighted by atomic mass is 32.1. The molecule has 1 aliphatic rings.